The first-order chi connectivity index (χ1) is 10.6. The molecule has 0 saturated carbocycles. The molecule has 0 radical (unpaired) electrons. The lowest BCUT2D eigenvalue weighted by molar-refractivity contribution is -0.115. The molecule has 3 aromatic rings. The Bertz CT molecular complexity index is 836. The molecule has 0 saturated heterocycles. The molecule has 0 aliphatic carbocycles. The minimum Gasteiger partial charge on any atom is -0.326 e. The third-order valence-electron chi connectivity index (χ3n) is 3.89. The number of amides is 1. The smallest absolute Gasteiger partial charge is 0.228 e. The molecule has 2 nitrogen and oxygen atoms in total. The van der Waals surface area contributed by atoms with E-state index in [0.29, 0.717) is 6.42 Å². The maximum atomic E-state index is 12.3. The lowest BCUT2D eigenvalue weighted by atomic mass is 10.0. The molecule has 2 heteroatoms. The van der Waals surface area contributed by atoms with E-state index in [4.69, 9.17) is 0 Å². The molecule has 110 valence electrons. The zero-order valence-electron chi connectivity index (χ0n) is 12.9. The normalized spacial score (nSPS) is 10.6. The molecule has 0 fully saturated rings. The summed E-state index contributed by atoms with van der Waals surface area (Å²) in [7, 11) is 0. The van der Waals surface area contributed by atoms with Crippen molar-refractivity contribution in [2.24, 2.45) is 0 Å². The number of hydrogen-bond acceptors (Lipinski definition) is 1. The van der Waals surface area contributed by atoms with Crippen molar-refractivity contribution in [2.45, 2.75) is 20.3 Å². The van der Waals surface area contributed by atoms with Crippen LogP contribution in [0.5, 0.6) is 0 Å². The van der Waals surface area contributed by atoms with E-state index in [1.807, 2.05) is 44.2 Å². The lowest BCUT2D eigenvalue weighted by Gasteiger charge is -2.09. The highest BCUT2D eigenvalue weighted by molar-refractivity contribution is 5.95. The van der Waals surface area contributed by atoms with E-state index in [1.54, 1.807) is 0 Å². The Morgan fingerprint density at radius 1 is 0.909 bits per heavy atom. The molecule has 3 rings (SSSR count). The molecule has 0 atom stereocenters. The van der Waals surface area contributed by atoms with Crippen LogP contribution in [-0.2, 0) is 11.2 Å². The molecule has 0 spiro atoms. The van der Waals surface area contributed by atoms with Crippen molar-refractivity contribution >= 4 is 22.4 Å². The molecular formula is C20H19NO. The summed E-state index contributed by atoms with van der Waals surface area (Å²) in [6, 6.07) is 20.3. The highest BCUT2D eigenvalue weighted by atomic mass is 16.1. The van der Waals surface area contributed by atoms with Crippen LogP contribution in [-0.4, -0.2) is 5.91 Å². The average molecular weight is 289 g/mol. The van der Waals surface area contributed by atoms with Crippen molar-refractivity contribution in [2.75, 3.05) is 5.32 Å². The van der Waals surface area contributed by atoms with Gasteiger partial charge in [-0.2, -0.15) is 0 Å². The van der Waals surface area contributed by atoms with Crippen LogP contribution in [0.25, 0.3) is 10.8 Å². The van der Waals surface area contributed by atoms with Gasteiger partial charge in [0.1, 0.15) is 0 Å². The molecule has 0 heterocycles. The number of aryl methyl sites for hydroxylation is 2. The second-order valence-electron chi connectivity index (χ2n) is 5.72. The molecule has 0 aromatic heterocycles. The summed E-state index contributed by atoms with van der Waals surface area (Å²) >= 11 is 0. The minimum atomic E-state index is 0.0176. The summed E-state index contributed by atoms with van der Waals surface area (Å²) in [5.41, 5.74) is 4.26. The van der Waals surface area contributed by atoms with Crippen molar-refractivity contribution in [1.29, 1.82) is 0 Å². The van der Waals surface area contributed by atoms with Crippen LogP contribution in [0, 0.1) is 13.8 Å². The van der Waals surface area contributed by atoms with Crippen LogP contribution < -0.4 is 5.32 Å². The fourth-order valence-electron chi connectivity index (χ4n) is 2.64. The van der Waals surface area contributed by atoms with Gasteiger partial charge in [-0.1, -0.05) is 54.1 Å². The molecule has 3 aromatic carbocycles. The average Bonchev–Trinajstić information content (AvgIpc) is 2.51. The van der Waals surface area contributed by atoms with Crippen molar-refractivity contribution in [1.82, 2.24) is 0 Å². The highest BCUT2D eigenvalue weighted by Crippen LogP contribution is 2.19. The first-order valence-corrected chi connectivity index (χ1v) is 7.46. The second-order valence-corrected chi connectivity index (χ2v) is 5.72. The van der Waals surface area contributed by atoms with Crippen molar-refractivity contribution in [3.8, 4) is 0 Å². The predicted molar refractivity (Wildman–Crippen MR) is 92.2 cm³/mol. The van der Waals surface area contributed by atoms with Crippen LogP contribution in [0.3, 0.4) is 0 Å². The lowest BCUT2D eigenvalue weighted by Crippen LogP contribution is -2.15. The van der Waals surface area contributed by atoms with Gasteiger partial charge in [0, 0.05) is 5.69 Å². The van der Waals surface area contributed by atoms with Gasteiger partial charge in [0.05, 0.1) is 6.42 Å². The van der Waals surface area contributed by atoms with Gasteiger partial charge in [0.2, 0.25) is 5.91 Å². The second kappa shape index (κ2) is 6.02. The Morgan fingerprint density at radius 3 is 2.50 bits per heavy atom. The van der Waals surface area contributed by atoms with Gasteiger partial charge in [-0.05, 0) is 47.9 Å². The Balaban J connectivity index is 1.76. The number of hydrogen-bond donors (Lipinski definition) is 1. The van der Waals surface area contributed by atoms with Crippen molar-refractivity contribution in [3.05, 3.63) is 77.4 Å². The third kappa shape index (κ3) is 3.17. The Morgan fingerprint density at radius 2 is 1.68 bits per heavy atom. The Labute approximate surface area is 130 Å². The molecular weight excluding hydrogens is 270 g/mol. The number of carbonyl (C=O) groups excluding carboxylic acids is 1. The summed E-state index contributed by atoms with van der Waals surface area (Å²) in [6.07, 6.45) is 0.403. The molecule has 22 heavy (non-hydrogen) atoms. The van der Waals surface area contributed by atoms with Crippen molar-refractivity contribution in [3.63, 3.8) is 0 Å². The van der Waals surface area contributed by atoms with E-state index in [2.05, 4.69) is 35.6 Å². The van der Waals surface area contributed by atoms with Gasteiger partial charge in [0.15, 0.2) is 0 Å². The summed E-state index contributed by atoms with van der Waals surface area (Å²) in [6.45, 7) is 4.09. The molecule has 0 bridgehead atoms. The minimum absolute atomic E-state index is 0.0176. The zero-order valence-corrected chi connectivity index (χ0v) is 12.9. The van der Waals surface area contributed by atoms with E-state index in [0.717, 1.165) is 22.2 Å². The van der Waals surface area contributed by atoms with Crippen LogP contribution in [0.15, 0.2) is 60.7 Å². The quantitative estimate of drug-likeness (QED) is 0.748. The monoisotopic (exact) mass is 289 g/mol. The maximum Gasteiger partial charge on any atom is 0.228 e. The van der Waals surface area contributed by atoms with Crippen LogP contribution in [0.2, 0.25) is 0 Å². The first kappa shape index (κ1) is 14.3. The van der Waals surface area contributed by atoms with Gasteiger partial charge >= 0.3 is 0 Å². The van der Waals surface area contributed by atoms with Gasteiger partial charge in [-0.3, -0.25) is 4.79 Å². The molecule has 0 unspecified atom stereocenters. The number of fused-ring (bicyclic) bond motifs is 1. The Hall–Kier alpha value is -2.61. The number of anilines is 1. The maximum absolute atomic E-state index is 12.3. The Kier molecular flexibility index (Phi) is 3.92. The van der Waals surface area contributed by atoms with Gasteiger partial charge in [-0.25, -0.2) is 0 Å². The number of nitrogens with one attached hydrogen (secondary N) is 1. The van der Waals surface area contributed by atoms with E-state index < -0.39 is 0 Å². The summed E-state index contributed by atoms with van der Waals surface area (Å²) in [5, 5.41) is 5.30. The number of carbonyl (C=O) groups is 1. The van der Waals surface area contributed by atoms with E-state index in [1.165, 1.54) is 10.9 Å². The summed E-state index contributed by atoms with van der Waals surface area (Å²) in [5.74, 6) is 0.0176. The van der Waals surface area contributed by atoms with Crippen LogP contribution in [0.4, 0.5) is 5.69 Å². The molecule has 0 aliphatic rings. The fourth-order valence-corrected chi connectivity index (χ4v) is 2.64. The van der Waals surface area contributed by atoms with Gasteiger partial charge in [0.25, 0.3) is 0 Å². The van der Waals surface area contributed by atoms with Gasteiger partial charge < -0.3 is 5.32 Å². The van der Waals surface area contributed by atoms with Crippen LogP contribution >= 0.6 is 0 Å². The molecule has 1 N–H and O–H groups in total. The zero-order chi connectivity index (χ0) is 15.5. The van der Waals surface area contributed by atoms with E-state index >= 15 is 0 Å². The summed E-state index contributed by atoms with van der Waals surface area (Å²) in [4.78, 5) is 12.3. The number of rotatable bonds is 3. The predicted octanol–water partition coefficient (Wildman–Crippen LogP) is 4.64. The van der Waals surface area contributed by atoms with Crippen LogP contribution in [0.1, 0.15) is 16.7 Å². The fraction of sp³-hybridized carbons (Fsp3) is 0.150. The standard InChI is InChI=1S/C20H19NO/c1-14-7-8-15(2)18(11-14)13-20(22)21-19-10-9-16-5-3-4-6-17(16)12-19/h3-12H,13H2,1-2H3,(H,21,22). The van der Waals surface area contributed by atoms with Crippen molar-refractivity contribution < 1.29 is 4.79 Å². The summed E-state index contributed by atoms with van der Waals surface area (Å²) < 4.78 is 0. The third-order valence-corrected chi connectivity index (χ3v) is 3.89. The SMILES string of the molecule is Cc1ccc(C)c(CC(=O)Nc2ccc3ccccc3c2)c1. The molecule has 1 amide bonds. The first-order valence-electron chi connectivity index (χ1n) is 7.46. The topological polar surface area (TPSA) is 29.1 Å². The van der Waals surface area contributed by atoms with Gasteiger partial charge in [-0.15, -0.1) is 0 Å². The largest absolute Gasteiger partial charge is 0.326 e. The number of benzene rings is 3. The molecule has 0 aliphatic heterocycles. The van der Waals surface area contributed by atoms with E-state index in [-0.39, 0.29) is 5.91 Å². The highest BCUT2D eigenvalue weighted by Gasteiger charge is 2.07. The van der Waals surface area contributed by atoms with E-state index in [9.17, 15) is 4.79 Å².